The first kappa shape index (κ1) is 20.9. The van der Waals surface area contributed by atoms with Gasteiger partial charge in [0, 0.05) is 18.4 Å². The minimum Gasteiger partial charge on any atom is -0.299 e. The summed E-state index contributed by atoms with van der Waals surface area (Å²) < 4.78 is 0. The molecule has 144 valence electrons. The average molecular weight is 357 g/mol. The lowest BCUT2D eigenvalue weighted by atomic mass is 9.66. The van der Waals surface area contributed by atoms with Crippen LogP contribution in [0.25, 0.3) is 0 Å². The normalized spacial score (nSPS) is 16.4. The van der Waals surface area contributed by atoms with Gasteiger partial charge in [0.2, 0.25) is 0 Å². The van der Waals surface area contributed by atoms with Crippen LogP contribution in [0.15, 0.2) is 24.3 Å². The van der Waals surface area contributed by atoms with Crippen molar-refractivity contribution in [1.29, 1.82) is 0 Å². The molecule has 0 amide bonds. The Labute approximate surface area is 159 Å². The van der Waals surface area contributed by atoms with Crippen molar-refractivity contribution in [1.82, 2.24) is 0 Å². The van der Waals surface area contributed by atoms with Crippen LogP contribution in [0.5, 0.6) is 0 Å². The number of unbranched alkanes of at least 4 members (excludes halogenated alkanes) is 4. The summed E-state index contributed by atoms with van der Waals surface area (Å²) in [6.07, 6.45) is 13.3. The van der Waals surface area contributed by atoms with E-state index in [1.165, 1.54) is 19.3 Å². The van der Waals surface area contributed by atoms with Gasteiger partial charge in [-0.05, 0) is 31.2 Å². The maximum atomic E-state index is 13.0. The van der Waals surface area contributed by atoms with Crippen LogP contribution in [0, 0.1) is 0 Å². The first-order valence-corrected chi connectivity index (χ1v) is 10.8. The molecule has 0 aromatic heterocycles. The molecule has 1 saturated carbocycles. The third kappa shape index (κ3) is 5.28. The summed E-state index contributed by atoms with van der Waals surface area (Å²) in [6, 6.07) is 8.05. The molecule has 0 heterocycles. The Morgan fingerprint density at radius 1 is 0.808 bits per heavy atom. The maximum absolute atomic E-state index is 13.0. The SMILES string of the molecule is CCCCCCC(=O)c1ccc(C2(C(=O)CCCC)CCCCC2)cc1. The second kappa shape index (κ2) is 10.6. The summed E-state index contributed by atoms with van der Waals surface area (Å²) in [5.74, 6) is 0.653. The molecule has 2 heteroatoms. The molecule has 0 bridgehead atoms. The number of hydrogen-bond donors (Lipinski definition) is 0. The second-order valence-electron chi connectivity index (χ2n) is 7.98. The molecule has 2 rings (SSSR count). The number of rotatable bonds is 11. The van der Waals surface area contributed by atoms with Crippen LogP contribution in [0.1, 0.15) is 113 Å². The van der Waals surface area contributed by atoms with E-state index in [4.69, 9.17) is 0 Å². The molecule has 1 aromatic rings. The molecule has 0 atom stereocenters. The van der Waals surface area contributed by atoms with Gasteiger partial charge in [-0.3, -0.25) is 9.59 Å². The first-order chi connectivity index (χ1) is 12.6. The Hall–Kier alpha value is -1.44. The van der Waals surface area contributed by atoms with Crippen molar-refractivity contribution in [2.75, 3.05) is 0 Å². The van der Waals surface area contributed by atoms with Crippen molar-refractivity contribution in [3.63, 3.8) is 0 Å². The molecular weight excluding hydrogens is 320 g/mol. The van der Waals surface area contributed by atoms with E-state index in [0.717, 1.165) is 62.5 Å². The molecule has 26 heavy (non-hydrogen) atoms. The lowest BCUT2D eigenvalue weighted by Crippen LogP contribution is -2.38. The zero-order valence-corrected chi connectivity index (χ0v) is 16.8. The number of hydrogen-bond acceptors (Lipinski definition) is 2. The van der Waals surface area contributed by atoms with Crippen molar-refractivity contribution >= 4 is 11.6 Å². The van der Waals surface area contributed by atoms with Gasteiger partial charge in [0.05, 0.1) is 5.41 Å². The topological polar surface area (TPSA) is 34.1 Å². The van der Waals surface area contributed by atoms with Crippen LogP contribution >= 0.6 is 0 Å². The van der Waals surface area contributed by atoms with Gasteiger partial charge in [0.15, 0.2) is 5.78 Å². The first-order valence-electron chi connectivity index (χ1n) is 10.8. The molecule has 0 saturated heterocycles. The van der Waals surface area contributed by atoms with Crippen LogP contribution in [0.4, 0.5) is 0 Å². The molecule has 2 nitrogen and oxygen atoms in total. The predicted molar refractivity (Wildman–Crippen MR) is 109 cm³/mol. The Bertz CT molecular complexity index is 564. The number of carbonyl (C=O) groups excluding carboxylic acids is 2. The summed E-state index contributed by atoms with van der Waals surface area (Å²) in [6.45, 7) is 4.32. The molecule has 1 aliphatic carbocycles. The zero-order valence-electron chi connectivity index (χ0n) is 16.8. The molecule has 0 unspecified atom stereocenters. The summed E-state index contributed by atoms with van der Waals surface area (Å²) >= 11 is 0. The molecule has 0 radical (unpaired) electrons. The molecule has 1 aromatic carbocycles. The van der Waals surface area contributed by atoms with E-state index in [0.29, 0.717) is 18.6 Å². The van der Waals surface area contributed by atoms with Gasteiger partial charge in [-0.2, -0.15) is 0 Å². The highest BCUT2D eigenvalue weighted by molar-refractivity contribution is 5.96. The standard InChI is InChI=1S/C24H36O2/c1-3-5-7-9-12-22(25)20-14-16-21(17-15-20)24(18-10-8-11-19-24)23(26)13-6-4-2/h14-17H,3-13,18-19H2,1-2H3. The third-order valence-electron chi connectivity index (χ3n) is 6.02. The van der Waals surface area contributed by atoms with Crippen LogP contribution in [-0.2, 0) is 10.2 Å². The lowest BCUT2D eigenvalue weighted by molar-refractivity contribution is -0.126. The molecule has 0 N–H and O–H groups in total. The van der Waals surface area contributed by atoms with E-state index in [1.54, 1.807) is 0 Å². The smallest absolute Gasteiger partial charge is 0.162 e. The van der Waals surface area contributed by atoms with E-state index in [1.807, 2.05) is 12.1 Å². The Balaban J connectivity index is 2.09. The van der Waals surface area contributed by atoms with Crippen LogP contribution in [0.3, 0.4) is 0 Å². The van der Waals surface area contributed by atoms with Gasteiger partial charge in [0.25, 0.3) is 0 Å². The van der Waals surface area contributed by atoms with E-state index in [-0.39, 0.29) is 11.2 Å². The Morgan fingerprint density at radius 3 is 2.08 bits per heavy atom. The number of benzene rings is 1. The van der Waals surface area contributed by atoms with Crippen LogP contribution in [-0.4, -0.2) is 11.6 Å². The monoisotopic (exact) mass is 356 g/mol. The number of carbonyl (C=O) groups is 2. The number of Topliss-reactive ketones (excluding diaryl/α,β-unsaturated/α-hetero) is 2. The van der Waals surface area contributed by atoms with Gasteiger partial charge in [0.1, 0.15) is 5.78 Å². The van der Waals surface area contributed by atoms with Gasteiger partial charge in [-0.15, -0.1) is 0 Å². The van der Waals surface area contributed by atoms with Crippen molar-refractivity contribution < 1.29 is 9.59 Å². The van der Waals surface area contributed by atoms with E-state index in [9.17, 15) is 9.59 Å². The van der Waals surface area contributed by atoms with E-state index >= 15 is 0 Å². The third-order valence-corrected chi connectivity index (χ3v) is 6.02. The van der Waals surface area contributed by atoms with Crippen LogP contribution < -0.4 is 0 Å². The minimum absolute atomic E-state index is 0.239. The fraction of sp³-hybridized carbons (Fsp3) is 0.667. The second-order valence-corrected chi connectivity index (χ2v) is 7.98. The quantitative estimate of drug-likeness (QED) is 0.323. The molecule has 0 spiro atoms. The predicted octanol–water partition coefficient (Wildman–Crippen LogP) is 6.80. The van der Waals surface area contributed by atoms with Crippen molar-refractivity contribution in [2.24, 2.45) is 0 Å². The van der Waals surface area contributed by atoms with Gasteiger partial charge in [-0.1, -0.05) is 83.1 Å². The molecule has 1 aliphatic rings. The van der Waals surface area contributed by atoms with Crippen molar-refractivity contribution in [2.45, 2.75) is 103 Å². The molecule has 0 aliphatic heterocycles. The van der Waals surface area contributed by atoms with E-state index < -0.39 is 0 Å². The molecule has 1 fully saturated rings. The summed E-state index contributed by atoms with van der Waals surface area (Å²) in [4.78, 5) is 25.4. The van der Waals surface area contributed by atoms with Gasteiger partial charge < -0.3 is 0 Å². The summed E-state index contributed by atoms with van der Waals surface area (Å²) in [7, 11) is 0. The Morgan fingerprint density at radius 2 is 1.46 bits per heavy atom. The molecular formula is C24H36O2. The van der Waals surface area contributed by atoms with Gasteiger partial charge >= 0.3 is 0 Å². The fourth-order valence-electron chi connectivity index (χ4n) is 4.29. The lowest BCUT2D eigenvalue weighted by Gasteiger charge is -2.36. The summed E-state index contributed by atoms with van der Waals surface area (Å²) in [5, 5.41) is 0. The Kier molecular flexibility index (Phi) is 8.54. The highest BCUT2D eigenvalue weighted by Gasteiger charge is 2.40. The van der Waals surface area contributed by atoms with Crippen LogP contribution in [0.2, 0.25) is 0 Å². The summed E-state index contributed by atoms with van der Waals surface area (Å²) in [5.41, 5.74) is 1.65. The fourth-order valence-corrected chi connectivity index (χ4v) is 4.29. The van der Waals surface area contributed by atoms with Crippen molar-refractivity contribution in [3.05, 3.63) is 35.4 Å². The van der Waals surface area contributed by atoms with Crippen molar-refractivity contribution in [3.8, 4) is 0 Å². The largest absolute Gasteiger partial charge is 0.299 e. The number of ketones is 2. The minimum atomic E-state index is -0.296. The van der Waals surface area contributed by atoms with E-state index in [2.05, 4.69) is 26.0 Å². The highest BCUT2D eigenvalue weighted by Crippen LogP contribution is 2.41. The van der Waals surface area contributed by atoms with Gasteiger partial charge in [-0.25, -0.2) is 0 Å². The highest BCUT2D eigenvalue weighted by atomic mass is 16.1. The average Bonchev–Trinajstić information content (AvgIpc) is 2.69. The maximum Gasteiger partial charge on any atom is 0.162 e. The zero-order chi connectivity index (χ0) is 18.8.